The van der Waals surface area contributed by atoms with E-state index in [1.807, 2.05) is 24.3 Å². The first kappa shape index (κ1) is 16.2. The fourth-order valence-corrected chi connectivity index (χ4v) is 2.17. The van der Waals surface area contributed by atoms with Gasteiger partial charge in [-0.25, -0.2) is 0 Å². The molecule has 0 heterocycles. The smallest absolute Gasteiger partial charge is 0.254 e. The maximum Gasteiger partial charge on any atom is 0.254 e. The number of hydrogen-bond acceptors (Lipinski definition) is 3. The molecule has 0 spiro atoms. The van der Waals surface area contributed by atoms with Crippen LogP contribution in [-0.4, -0.2) is 30.4 Å². The zero-order valence-corrected chi connectivity index (χ0v) is 12.3. The van der Waals surface area contributed by atoms with Gasteiger partial charge >= 0.3 is 0 Å². The van der Waals surface area contributed by atoms with Crippen molar-refractivity contribution >= 4 is 5.91 Å². The monoisotopic (exact) mass is 273 g/mol. The molecular formula is C16H23N3O. The predicted octanol–water partition coefficient (Wildman–Crippen LogP) is 2.20. The highest BCUT2D eigenvalue weighted by atomic mass is 16.2. The lowest BCUT2D eigenvalue weighted by Crippen LogP contribution is -2.35. The minimum Gasteiger partial charge on any atom is -0.337 e. The molecule has 0 bridgehead atoms. The van der Waals surface area contributed by atoms with Crippen LogP contribution in [0.15, 0.2) is 24.3 Å². The summed E-state index contributed by atoms with van der Waals surface area (Å²) in [5, 5.41) is 8.74. The summed E-state index contributed by atoms with van der Waals surface area (Å²) in [6.07, 6.45) is 1.05. The second-order valence-corrected chi connectivity index (χ2v) is 5.25. The Kier molecular flexibility index (Phi) is 6.75. The summed E-state index contributed by atoms with van der Waals surface area (Å²) in [7, 11) is 0. The molecule has 2 N–H and O–H groups in total. The molecule has 0 saturated carbocycles. The van der Waals surface area contributed by atoms with Crippen LogP contribution >= 0.6 is 0 Å². The normalized spacial score (nSPS) is 10.3. The molecule has 1 aromatic rings. The van der Waals surface area contributed by atoms with E-state index >= 15 is 0 Å². The number of carbonyl (C=O) groups excluding carboxylic acids is 1. The van der Waals surface area contributed by atoms with E-state index < -0.39 is 0 Å². The third-order valence-corrected chi connectivity index (χ3v) is 3.03. The molecule has 1 aromatic carbocycles. The van der Waals surface area contributed by atoms with Crippen LogP contribution in [0.4, 0.5) is 0 Å². The minimum absolute atomic E-state index is 0.00185. The third-order valence-electron chi connectivity index (χ3n) is 3.03. The van der Waals surface area contributed by atoms with E-state index in [0.29, 0.717) is 44.0 Å². The van der Waals surface area contributed by atoms with Gasteiger partial charge in [0.1, 0.15) is 0 Å². The molecule has 1 rings (SSSR count). The molecule has 20 heavy (non-hydrogen) atoms. The second-order valence-electron chi connectivity index (χ2n) is 5.25. The summed E-state index contributed by atoms with van der Waals surface area (Å²) in [6, 6.07) is 9.67. The highest BCUT2D eigenvalue weighted by molar-refractivity contribution is 5.95. The standard InChI is InChI=1S/C16H23N3O/c1-13(2)12-19(11-5-9-17)16(20)15-7-4-3-6-14(15)8-10-18/h3-4,6-7,13H,5,8,10-12,18H2,1-2H3. The average Bonchev–Trinajstić information content (AvgIpc) is 2.43. The number of nitriles is 1. The molecule has 0 aliphatic heterocycles. The van der Waals surface area contributed by atoms with Crippen molar-refractivity contribution in [1.82, 2.24) is 4.90 Å². The maximum absolute atomic E-state index is 12.7. The van der Waals surface area contributed by atoms with Crippen molar-refractivity contribution < 1.29 is 4.79 Å². The summed E-state index contributed by atoms with van der Waals surface area (Å²) in [6.45, 7) is 5.80. The lowest BCUT2D eigenvalue weighted by molar-refractivity contribution is 0.0739. The Balaban J connectivity index is 2.96. The molecule has 1 amide bonds. The first-order valence-corrected chi connectivity index (χ1v) is 7.04. The van der Waals surface area contributed by atoms with Gasteiger partial charge in [0.05, 0.1) is 12.5 Å². The Labute approximate surface area is 121 Å². The topological polar surface area (TPSA) is 70.1 Å². The van der Waals surface area contributed by atoms with Gasteiger partial charge in [0.15, 0.2) is 0 Å². The summed E-state index contributed by atoms with van der Waals surface area (Å²) >= 11 is 0. The van der Waals surface area contributed by atoms with Crippen molar-refractivity contribution in [2.75, 3.05) is 19.6 Å². The highest BCUT2D eigenvalue weighted by Gasteiger charge is 2.18. The molecule has 0 atom stereocenters. The van der Waals surface area contributed by atoms with Crippen molar-refractivity contribution in [3.63, 3.8) is 0 Å². The fourth-order valence-electron chi connectivity index (χ4n) is 2.17. The number of carbonyl (C=O) groups is 1. The lowest BCUT2D eigenvalue weighted by Gasteiger charge is -2.24. The van der Waals surface area contributed by atoms with E-state index in [9.17, 15) is 4.79 Å². The van der Waals surface area contributed by atoms with Crippen LogP contribution in [0.25, 0.3) is 0 Å². The third kappa shape index (κ3) is 4.67. The first-order chi connectivity index (χ1) is 9.60. The van der Waals surface area contributed by atoms with Gasteiger partial charge < -0.3 is 10.6 Å². The number of amides is 1. The van der Waals surface area contributed by atoms with Crippen LogP contribution in [0.5, 0.6) is 0 Å². The Morgan fingerprint density at radius 3 is 2.70 bits per heavy atom. The van der Waals surface area contributed by atoms with Crippen molar-refractivity contribution in [2.24, 2.45) is 11.7 Å². The van der Waals surface area contributed by atoms with Crippen LogP contribution < -0.4 is 5.73 Å². The molecule has 4 nitrogen and oxygen atoms in total. The van der Waals surface area contributed by atoms with Gasteiger partial charge in [-0.3, -0.25) is 4.79 Å². The van der Waals surface area contributed by atoms with Gasteiger partial charge in [-0.1, -0.05) is 32.0 Å². The van der Waals surface area contributed by atoms with Crippen LogP contribution in [0, 0.1) is 17.2 Å². The summed E-state index contributed by atoms with van der Waals surface area (Å²) in [5.41, 5.74) is 7.28. The molecular weight excluding hydrogens is 250 g/mol. The lowest BCUT2D eigenvalue weighted by atomic mass is 10.0. The van der Waals surface area contributed by atoms with Crippen LogP contribution in [0.3, 0.4) is 0 Å². The largest absolute Gasteiger partial charge is 0.337 e. The summed E-state index contributed by atoms with van der Waals surface area (Å²) in [4.78, 5) is 14.4. The van der Waals surface area contributed by atoms with Crippen molar-refractivity contribution in [3.8, 4) is 6.07 Å². The van der Waals surface area contributed by atoms with E-state index in [2.05, 4.69) is 19.9 Å². The molecule has 0 aliphatic rings. The number of nitrogens with two attached hydrogens (primary N) is 1. The van der Waals surface area contributed by atoms with E-state index in [1.54, 1.807) is 4.90 Å². The van der Waals surface area contributed by atoms with Crippen molar-refractivity contribution in [2.45, 2.75) is 26.7 Å². The molecule has 0 aromatic heterocycles. The maximum atomic E-state index is 12.7. The van der Waals surface area contributed by atoms with Gasteiger partial charge in [-0.2, -0.15) is 5.26 Å². The van der Waals surface area contributed by atoms with Gasteiger partial charge in [0.2, 0.25) is 0 Å². The zero-order valence-electron chi connectivity index (χ0n) is 12.3. The Hall–Kier alpha value is -1.86. The minimum atomic E-state index is -0.00185. The first-order valence-electron chi connectivity index (χ1n) is 7.04. The predicted molar refractivity (Wildman–Crippen MR) is 80.2 cm³/mol. The molecule has 4 heteroatoms. The van der Waals surface area contributed by atoms with Crippen LogP contribution in [0.2, 0.25) is 0 Å². The van der Waals surface area contributed by atoms with Gasteiger partial charge in [0.25, 0.3) is 5.91 Å². The zero-order chi connectivity index (χ0) is 15.0. The number of rotatable bonds is 7. The summed E-state index contributed by atoms with van der Waals surface area (Å²) < 4.78 is 0. The average molecular weight is 273 g/mol. The van der Waals surface area contributed by atoms with E-state index in [-0.39, 0.29) is 5.91 Å². The van der Waals surface area contributed by atoms with Crippen molar-refractivity contribution in [3.05, 3.63) is 35.4 Å². The number of hydrogen-bond donors (Lipinski definition) is 1. The van der Waals surface area contributed by atoms with Gasteiger partial charge in [0, 0.05) is 18.7 Å². The quantitative estimate of drug-likeness (QED) is 0.828. The SMILES string of the molecule is CC(C)CN(CCC#N)C(=O)c1ccccc1CCN. The Morgan fingerprint density at radius 1 is 1.40 bits per heavy atom. The molecule has 108 valence electrons. The van der Waals surface area contributed by atoms with E-state index in [4.69, 9.17) is 11.0 Å². The van der Waals surface area contributed by atoms with Gasteiger partial charge in [-0.15, -0.1) is 0 Å². The Bertz CT molecular complexity index is 477. The molecule has 0 saturated heterocycles. The van der Waals surface area contributed by atoms with Crippen LogP contribution in [0.1, 0.15) is 36.2 Å². The van der Waals surface area contributed by atoms with E-state index in [1.165, 1.54) is 0 Å². The van der Waals surface area contributed by atoms with Gasteiger partial charge in [-0.05, 0) is 30.5 Å². The highest BCUT2D eigenvalue weighted by Crippen LogP contribution is 2.14. The second kappa shape index (κ2) is 8.34. The van der Waals surface area contributed by atoms with Crippen LogP contribution in [-0.2, 0) is 6.42 Å². The van der Waals surface area contributed by atoms with Crippen molar-refractivity contribution in [1.29, 1.82) is 5.26 Å². The number of benzene rings is 1. The number of nitrogens with zero attached hydrogens (tertiary/aromatic N) is 2. The Morgan fingerprint density at radius 2 is 2.10 bits per heavy atom. The molecule has 0 unspecified atom stereocenters. The fraction of sp³-hybridized carbons (Fsp3) is 0.500. The summed E-state index contributed by atoms with van der Waals surface area (Å²) in [5.74, 6) is 0.373. The molecule has 0 radical (unpaired) electrons. The molecule has 0 aliphatic carbocycles. The van der Waals surface area contributed by atoms with E-state index in [0.717, 1.165) is 5.56 Å². The molecule has 0 fully saturated rings.